The summed E-state index contributed by atoms with van der Waals surface area (Å²) in [6.07, 6.45) is 3.25. The van der Waals surface area contributed by atoms with E-state index in [2.05, 4.69) is 17.6 Å². The van der Waals surface area contributed by atoms with Crippen molar-refractivity contribution in [2.24, 2.45) is 0 Å². The van der Waals surface area contributed by atoms with Crippen molar-refractivity contribution >= 4 is 11.7 Å². The summed E-state index contributed by atoms with van der Waals surface area (Å²) in [5.41, 5.74) is 1.64. The minimum Gasteiger partial charge on any atom is -0.493 e. The summed E-state index contributed by atoms with van der Waals surface area (Å²) in [6, 6.07) is 3.40. The SMILES string of the molecule is CCCCCNC(=O)Nc1cc(OC)c(OC)cc1C. The van der Waals surface area contributed by atoms with Crippen LogP contribution in [0.1, 0.15) is 31.7 Å². The first-order chi connectivity index (χ1) is 9.62. The van der Waals surface area contributed by atoms with Gasteiger partial charge in [-0.25, -0.2) is 4.79 Å². The summed E-state index contributed by atoms with van der Waals surface area (Å²) in [5.74, 6) is 1.25. The van der Waals surface area contributed by atoms with Gasteiger partial charge in [0.15, 0.2) is 11.5 Å². The van der Waals surface area contributed by atoms with Crippen LogP contribution in [-0.4, -0.2) is 26.8 Å². The van der Waals surface area contributed by atoms with Gasteiger partial charge in [-0.1, -0.05) is 19.8 Å². The summed E-state index contributed by atoms with van der Waals surface area (Å²) >= 11 is 0. The van der Waals surface area contributed by atoms with Crippen LogP contribution in [0.3, 0.4) is 0 Å². The van der Waals surface area contributed by atoms with E-state index in [1.54, 1.807) is 20.3 Å². The predicted octanol–water partition coefficient (Wildman–Crippen LogP) is 3.32. The molecule has 0 fully saturated rings. The normalized spacial score (nSPS) is 10.0. The maximum atomic E-state index is 11.8. The third-order valence-corrected chi connectivity index (χ3v) is 3.04. The van der Waals surface area contributed by atoms with E-state index in [-0.39, 0.29) is 6.03 Å². The largest absolute Gasteiger partial charge is 0.493 e. The number of aryl methyl sites for hydroxylation is 1. The van der Waals surface area contributed by atoms with Crippen LogP contribution in [0.15, 0.2) is 12.1 Å². The molecule has 2 amide bonds. The number of methoxy groups -OCH3 is 2. The molecule has 0 spiro atoms. The van der Waals surface area contributed by atoms with Crippen LogP contribution < -0.4 is 20.1 Å². The van der Waals surface area contributed by atoms with E-state index >= 15 is 0 Å². The summed E-state index contributed by atoms with van der Waals surface area (Å²) in [4.78, 5) is 11.8. The Balaban J connectivity index is 2.65. The second-order valence-corrected chi connectivity index (χ2v) is 4.61. The van der Waals surface area contributed by atoms with E-state index < -0.39 is 0 Å². The first kappa shape index (κ1) is 16.1. The number of urea groups is 1. The fraction of sp³-hybridized carbons (Fsp3) is 0.533. The molecule has 0 aliphatic carbocycles. The lowest BCUT2D eigenvalue weighted by Gasteiger charge is -2.14. The van der Waals surface area contributed by atoms with E-state index in [9.17, 15) is 4.79 Å². The maximum absolute atomic E-state index is 11.8. The Morgan fingerprint density at radius 3 is 2.40 bits per heavy atom. The van der Waals surface area contributed by atoms with Gasteiger partial charge in [0.25, 0.3) is 0 Å². The smallest absolute Gasteiger partial charge is 0.319 e. The lowest BCUT2D eigenvalue weighted by atomic mass is 10.1. The van der Waals surface area contributed by atoms with Gasteiger partial charge in [0.1, 0.15) is 0 Å². The van der Waals surface area contributed by atoms with Gasteiger partial charge in [-0.15, -0.1) is 0 Å². The lowest BCUT2D eigenvalue weighted by molar-refractivity contribution is 0.252. The van der Waals surface area contributed by atoms with Crippen molar-refractivity contribution in [3.63, 3.8) is 0 Å². The molecular weight excluding hydrogens is 256 g/mol. The van der Waals surface area contributed by atoms with Gasteiger partial charge in [-0.3, -0.25) is 0 Å². The molecular formula is C15H24N2O3. The molecule has 0 atom stereocenters. The molecule has 0 unspecified atom stereocenters. The van der Waals surface area contributed by atoms with Crippen molar-refractivity contribution in [2.75, 3.05) is 26.1 Å². The first-order valence-electron chi connectivity index (χ1n) is 6.89. The van der Waals surface area contributed by atoms with Crippen LogP contribution in [0.25, 0.3) is 0 Å². The molecule has 1 rings (SSSR count). The lowest BCUT2D eigenvalue weighted by Crippen LogP contribution is -2.29. The zero-order valence-electron chi connectivity index (χ0n) is 12.7. The van der Waals surface area contributed by atoms with Crippen LogP contribution in [0.4, 0.5) is 10.5 Å². The minimum absolute atomic E-state index is 0.198. The predicted molar refractivity (Wildman–Crippen MR) is 80.8 cm³/mol. The van der Waals surface area contributed by atoms with E-state index in [0.29, 0.717) is 18.0 Å². The second-order valence-electron chi connectivity index (χ2n) is 4.61. The number of carbonyl (C=O) groups is 1. The monoisotopic (exact) mass is 280 g/mol. The Bertz CT molecular complexity index is 447. The molecule has 1 aromatic carbocycles. The summed E-state index contributed by atoms with van der Waals surface area (Å²) in [6.45, 7) is 4.73. The van der Waals surface area contributed by atoms with Crippen molar-refractivity contribution in [3.8, 4) is 11.5 Å². The number of ether oxygens (including phenoxy) is 2. The molecule has 2 N–H and O–H groups in total. The zero-order chi connectivity index (χ0) is 15.0. The number of anilines is 1. The van der Waals surface area contributed by atoms with Gasteiger partial charge in [0.05, 0.1) is 14.2 Å². The molecule has 0 bridgehead atoms. The van der Waals surface area contributed by atoms with Gasteiger partial charge in [0.2, 0.25) is 0 Å². The molecule has 0 aliphatic rings. The van der Waals surface area contributed by atoms with Crippen LogP contribution >= 0.6 is 0 Å². The maximum Gasteiger partial charge on any atom is 0.319 e. The number of benzene rings is 1. The van der Waals surface area contributed by atoms with Crippen molar-refractivity contribution < 1.29 is 14.3 Å². The average Bonchev–Trinajstić information content (AvgIpc) is 2.45. The molecule has 1 aromatic rings. The fourth-order valence-electron chi connectivity index (χ4n) is 1.86. The molecule has 20 heavy (non-hydrogen) atoms. The van der Waals surface area contributed by atoms with E-state index in [1.807, 2.05) is 13.0 Å². The highest BCUT2D eigenvalue weighted by molar-refractivity contribution is 5.90. The second kappa shape index (κ2) is 8.30. The molecule has 0 aromatic heterocycles. The number of nitrogens with one attached hydrogen (secondary N) is 2. The van der Waals surface area contributed by atoms with Crippen LogP contribution in [0, 0.1) is 6.92 Å². The van der Waals surface area contributed by atoms with Crippen molar-refractivity contribution in [1.29, 1.82) is 0 Å². The Labute approximate surface area is 120 Å². The van der Waals surface area contributed by atoms with Gasteiger partial charge < -0.3 is 20.1 Å². The molecule has 0 aliphatic heterocycles. The number of hydrogen-bond acceptors (Lipinski definition) is 3. The summed E-state index contributed by atoms with van der Waals surface area (Å²) in [7, 11) is 3.16. The van der Waals surface area contributed by atoms with E-state index in [0.717, 1.165) is 30.5 Å². The molecule has 0 saturated heterocycles. The molecule has 5 heteroatoms. The van der Waals surface area contributed by atoms with Crippen LogP contribution in [-0.2, 0) is 0 Å². The van der Waals surface area contributed by atoms with Crippen molar-refractivity contribution in [3.05, 3.63) is 17.7 Å². The van der Waals surface area contributed by atoms with Crippen LogP contribution in [0.2, 0.25) is 0 Å². The van der Waals surface area contributed by atoms with Crippen molar-refractivity contribution in [1.82, 2.24) is 5.32 Å². The number of hydrogen-bond donors (Lipinski definition) is 2. The third kappa shape index (κ3) is 4.64. The Morgan fingerprint density at radius 1 is 1.15 bits per heavy atom. The highest BCUT2D eigenvalue weighted by Crippen LogP contribution is 2.32. The molecule has 112 valence electrons. The number of amides is 2. The minimum atomic E-state index is -0.198. The van der Waals surface area contributed by atoms with Gasteiger partial charge in [-0.05, 0) is 25.0 Å². The number of rotatable bonds is 7. The first-order valence-corrected chi connectivity index (χ1v) is 6.89. The standard InChI is InChI=1S/C15H24N2O3/c1-5-6-7-8-16-15(18)17-12-10-14(20-4)13(19-3)9-11(12)2/h9-10H,5-8H2,1-4H3,(H2,16,17,18). The molecule has 0 saturated carbocycles. The van der Waals surface area contributed by atoms with Gasteiger partial charge in [-0.2, -0.15) is 0 Å². The molecule has 0 heterocycles. The Kier molecular flexibility index (Phi) is 6.70. The fourth-order valence-corrected chi connectivity index (χ4v) is 1.86. The highest BCUT2D eigenvalue weighted by Gasteiger charge is 2.10. The average molecular weight is 280 g/mol. The molecule has 0 radical (unpaired) electrons. The summed E-state index contributed by atoms with van der Waals surface area (Å²) < 4.78 is 10.4. The highest BCUT2D eigenvalue weighted by atomic mass is 16.5. The summed E-state index contributed by atoms with van der Waals surface area (Å²) in [5, 5.41) is 5.66. The topological polar surface area (TPSA) is 59.6 Å². The van der Waals surface area contributed by atoms with E-state index in [4.69, 9.17) is 9.47 Å². The van der Waals surface area contributed by atoms with E-state index in [1.165, 1.54) is 0 Å². The van der Waals surface area contributed by atoms with Crippen molar-refractivity contribution in [2.45, 2.75) is 33.1 Å². The zero-order valence-corrected chi connectivity index (χ0v) is 12.7. The number of unbranched alkanes of at least 4 members (excludes halogenated alkanes) is 2. The van der Waals surface area contributed by atoms with Gasteiger partial charge >= 0.3 is 6.03 Å². The van der Waals surface area contributed by atoms with Crippen LogP contribution in [0.5, 0.6) is 11.5 Å². The van der Waals surface area contributed by atoms with Gasteiger partial charge in [0, 0.05) is 18.3 Å². The number of carbonyl (C=O) groups excluding carboxylic acids is 1. The molecule has 5 nitrogen and oxygen atoms in total. The Morgan fingerprint density at radius 2 is 1.80 bits per heavy atom. The third-order valence-electron chi connectivity index (χ3n) is 3.04. The Hall–Kier alpha value is -1.91. The quantitative estimate of drug-likeness (QED) is 0.753.